The normalized spacial score (nSPS) is 14.3. The lowest BCUT2D eigenvalue weighted by Crippen LogP contribution is -2.30. The van der Waals surface area contributed by atoms with Gasteiger partial charge in [-0.05, 0) is 37.5 Å². The Morgan fingerprint density at radius 1 is 0.305 bits per heavy atom. The highest BCUT2D eigenvalue weighted by atomic mass is 31.2. The number of aliphatic hydroxyl groups is 1. The standard InChI is InChI=1S/C76H148O17P2/c1-7-10-12-14-16-18-20-22-24-25-26-27-29-31-37-41-49-55-61-75(80)92-71(64-86-73(78)58-52-46-39-35-33-32-34-38-45-51-57-69(6)9-3)66-90-94(82,83)88-62-70(77)63-89-95(84,85)91-67-72(65-87-74(79)59-53-47-43-42-44-50-56-68(4)5)93-76(81)60-54-48-40-36-30-28-23-21-19-17-15-13-11-8-2/h68-72,77H,7-67H2,1-6H3,(H,82,83)(H,84,85)/t69?,70-,71-,72-/m1/s1. The predicted octanol–water partition coefficient (Wildman–Crippen LogP) is 22.3. The van der Waals surface area contributed by atoms with Crippen molar-refractivity contribution in [3.63, 3.8) is 0 Å². The summed E-state index contributed by atoms with van der Waals surface area (Å²) in [6.45, 7) is 9.55. The minimum atomic E-state index is -4.96. The zero-order valence-corrected chi connectivity index (χ0v) is 63.8. The fourth-order valence-corrected chi connectivity index (χ4v) is 13.2. The molecule has 0 saturated carbocycles. The van der Waals surface area contributed by atoms with E-state index in [0.29, 0.717) is 31.6 Å². The van der Waals surface area contributed by atoms with E-state index in [2.05, 4.69) is 41.5 Å². The number of phosphoric acid groups is 2. The second-order valence-corrected chi connectivity index (χ2v) is 31.0. The van der Waals surface area contributed by atoms with Crippen LogP contribution in [0.15, 0.2) is 0 Å². The first kappa shape index (κ1) is 93.1. The monoisotopic (exact) mass is 1400 g/mol. The van der Waals surface area contributed by atoms with Gasteiger partial charge < -0.3 is 33.8 Å². The first-order valence-corrected chi connectivity index (χ1v) is 42.5. The molecule has 0 rings (SSSR count). The van der Waals surface area contributed by atoms with Gasteiger partial charge in [0.25, 0.3) is 0 Å². The third-order valence-electron chi connectivity index (χ3n) is 18.1. The minimum absolute atomic E-state index is 0.107. The Hall–Kier alpha value is -1.94. The molecule has 17 nitrogen and oxygen atoms in total. The summed E-state index contributed by atoms with van der Waals surface area (Å²) in [6, 6.07) is 0. The van der Waals surface area contributed by atoms with E-state index in [1.807, 2.05) is 0 Å². The van der Waals surface area contributed by atoms with Crippen LogP contribution in [-0.2, 0) is 65.4 Å². The number of hydrogen-bond donors (Lipinski definition) is 3. The Balaban J connectivity index is 5.23. The summed E-state index contributed by atoms with van der Waals surface area (Å²) in [4.78, 5) is 72.8. The van der Waals surface area contributed by atoms with Crippen LogP contribution in [0.25, 0.3) is 0 Å². The van der Waals surface area contributed by atoms with Crippen LogP contribution in [-0.4, -0.2) is 96.7 Å². The lowest BCUT2D eigenvalue weighted by Gasteiger charge is -2.21. The Morgan fingerprint density at radius 3 is 0.800 bits per heavy atom. The van der Waals surface area contributed by atoms with E-state index in [1.54, 1.807) is 0 Å². The molecule has 0 fully saturated rings. The average Bonchev–Trinajstić information content (AvgIpc) is 1.63. The topological polar surface area (TPSA) is 237 Å². The van der Waals surface area contributed by atoms with E-state index >= 15 is 0 Å². The van der Waals surface area contributed by atoms with E-state index in [4.69, 9.17) is 37.0 Å². The van der Waals surface area contributed by atoms with Crippen LogP contribution in [0.4, 0.5) is 0 Å². The second-order valence-electron chi connectivity index (χ2n) is 28.1. The summed E-state index contributed by atoms with van der Waals surface area (Å²) in [6.07, 6.45) is 55.5. The van der Waals surface area contributed by atoms with E-state index in [9.17, 15) is 43.2 Å². The number of unbranched alkanes of at least 4 members (excludes halogenated alkanes) is 44. The van der Waals surface area contributed by atoms with Gasteiger partial charge in [0.1, 0.15) is 19.3 Å². The molecule has 0 aromatic carbocycles. The van der Waals surface area contributed by atoms with Gasteiger partial charge in [-0.15, -0.1) is 0 Å². The third-order valence-corrected chi connectivity index (χ3v) is 20.0. The van der Waals surface area contributed by atoms with Crippen LogP contribution in [0, 0.1) is 11.8 Å². The van der Waals surface area contributed by atoms with Gasteiger partial charge in [0.05, 0.1) is 26.4 Å². The Kier molecular flexibility index (Phi) is 66.5. The molecule has 0 aliphatic rings. The quantitative estimate of drug-likeness (QED) is 0.0222. The number of esters is 4. The van der Waals surface area contributed by atoms with E-state index < -0.39 is 97.5 Å². The van der Waals surface area contributed by atoms with Gasteiger partial charge in [0.2, 0.25) is 0 Å². The van der Waals surface area contributed by atoms with Crippen molar-refractivity contribution in [2.24, 2.45) is 11.8 Å². The molecule has 0 aliphatic carbocycles. The molecule has 564 valence electrons. The molecule has 6 atom stereocenters. The maximum atomic E-state index is 13.1. The van der Waals surface area contributed by atoms with Crippen molar-refractivity contribution in [1.29, 1.82) is 0 Å². The summed E-state index contributed by atoms with van der Waals surface area (Å²) in [5, 5.41) is 10.6. The number of ether oxygens (including phenoxy) is 4. The van der Waals surface area contributed by atoms with Crippen LogP contribution in [0.2, 0.25) is 0 Å². The molecule has 3 N–H and O–H groups in total. The van der Waals surface area contributed by atoms with Crippen LogP contribution >= 0.6 is 15.6 Å². The predicted molar refractivity (Wildman–Crippen MR) is 386 cm³/mol. The van der Waals surface area contributed by atoms with Gasteiger partial charge in [-0.3, -0.25) is 37.3 Å². The van der Waals surface area contributed by atoms with Crippen molar-refractivity contribution < 1.29 is 80.2 Å². The van der Waals surface area contributed by atoms with Gasteiger partial charge in [-0.1, -0.05) is 343 Å². The Labute approximate surface area is 581 Å². The molecule has 0 aliphatic heterocycles. The highest BCUT2D eigenvalue weighted by Gasteiger charge is 2.30. The minimum Gasteiger partial charge on any atom is -0.462 e. The number of carbonyl (C=O) groups excluding carboxylic acids is 4. The molecule has 0 aromatic rings. The molecule has 0 aromatic heterocycles. The summed E-state index contributed by atoms with van der Waals surface area (Å²) < 4.78 is 68.5. The number of hydrogen-bond acceptors (Lipinski definition) is 15. The molecule has 0 spiro atoms. The number of aliphatic hydroxyl groups excluding tert-OH is 1. The van der Waals surface area contributed by atoms with Crippen LogP contribution in [0.5, 0.6) is 0 Å². The second kappa shape index (κ2) is 67.9. The van der Waals surface area contributed by atoms with Gasteiger partial charge in [0, 0.05) is 25.7 Å². The van der Waals surface area contributed by atoms with Crippen molar-refractivity contribution in [2.75, 3.05) is 39.6 Å². The fourth-order valence-electron chi connectivity index (χ4n) is 11.6. The summed E-state index contributed by atoms with van der Waals surface area (Å²) in [5.74, 6) is -0.627. The van der Waals surface area contributed by atoms with E-state index in [0.717, 1.165) is 102 Å². The number of phosphoric ester groups is 2. The Morgan fingerprint density at radius 2 is 0.537 bits per heavy atom. The number of carbonyl (C=O) groups is 4. The van der Waals surface area contributed by atoms with Gasteiger partial charge in [-0.25, -0.2) is 9.13 Å². The largest absolute Gasteiger partial charge is 0.472 e. The molecular formula is C76H148O17P2. The van der Waals surface area contributed by atoms with Crippen molar-refractivity contribution in [3.05, 3.63) is 0 Å². The molecule has 95 heavy (non-hydrogen) atoms. The fraction of sp³-hybridized carbons (Fsp3) is 0.947. The SMILES string of the molecule is CCCCCCCCCCCCCCCCCCCCC(=O)O[C@H](COC(=O)CCCCCCCCCCCCC(C)CC)COP(=O)(O)OC[C@@H](O)COP(=O)(O)OC[C@@H](COC(=O)CCCCCCCCC(C)C)OC(=O)CCCCCCCCCCCCCCCC. The zero-order chi connectivity index (χ0) is 70.0. The van der Waals surface area contributed by atoms with Crippen LogP contribution < -0.4 is 0 Å². The molecule has 0 amide bonds. The Bertz CT molecular complexity index is 1840. The highest BCUT2D eigenvalue weighted by molar-refractivity contribution is 7.47. The highest BCUT2D eigenvalue weighted by Crippen LogP contribution is 2.45. The van der Waals surface area contributed by atoms with E-state index in [1.165, 1.54) is 205 Å². The molecule has 19 heteroatoms. The van der Waals surface area contributed by atoms with Crippen molar-refractivity contribution in [3.8, 4) is 0 Å². The van der Waals surface area contributed by atoms with Crippen molar-refractivity contribution >= 4 is 39.5 Å². The molecule has 3 unspecified atom stereocenters. The number of rotatable bonds is 75. The van der Waals surface area contributed by atoms with Crippen LogP contribution in [0.3, 0.4) is 0 Å². The van der Waals surface area contributed by atoms with Gasteiger partial charge >= 0.3 is 39.5 Å². The van der Waals surface area contributed by atoms with Crippen molar-refractivity contribution in [1.82, 2.24) is 0 Å². The van der Waals surface area contributed by atoms with Crippen molar-refractivity contribution in [2.45, 2.75) is 413 Å². The lowest BCUT2D eigenvalue weighted by molar-refractivity contribution is -0.161. The van der Waals surface area contributed by atoms with Gasteiger partial charge in [-0.2, -0.15) is 0 Å². The summed E-state index contributed by atoms with van der Waals surface area (Å²) in [5.41, 5.74) is 0. The van der Waals surface area contributed by atoms with Crippen LogP contribution in [0.1, 0.15) is 395 Å². The molecule has 0 radical (unpaired) electrons. The molecular weight excluding hydrogens is 1250 g/mol. The molecule has 0 bridgehead atoms. The lowest BCUT2D eigenvalue weighted by atomic mass is 9.99. The molecule has 0 heterocycles. The average molecular weight is 1400 g/mol. The first-order chi connectivity index (χ1) is 45.9. The van der Waals surface area contributed by atoms with E-state index in [-0.39, 0.29) is 25.7 Å². The third kappa shape index (κ3) is 69.0. The molecule has 0 saturated heterocycles. The van der Waals surface area contributed by atoms with Gasteiger partial charge in [0.15, 0.2) is 12.2 Å². The maximum Gasteiger partial charge on any atom is 0.472 e. The maximum absolute atomic E-state index is 13.1. The zero-order valence-electron chi connectivity index (χ0n) is 62.0. The smallest absolute Gasteiger partial charge is 0.462 e. The summed E-state index contributed by atoms with van der Waals surface area (Å²) >= 11 is 0. The summed E-state index contributed by atoms with van der Waals surface area (Å²) in [7, 11) is -9.91. The first-order valence-electron chi connectivity index (χ1n) is 39.5.